The summed E-state index contributed by atoms with van der Waals surface area (Å²) >= 11 is 2.20. The lowest BCUT2D eigenvalue weighted by molar-refractivity contribution is -0.133. The van der Waals surface area contributed by atoms with Crippen LogP contribution in [-0.2, 0) is 11.2 Å². The van der Waals surface area contributed by atoms with Gasteiger partial charge in [-0.25, -0.2) is 0 Å². The van der Waals surface area contributed by atoms with Gasteiger partial charge in [-0.05, 0) is 69.0 Å². The minimum Gasteiger partial charge on any atom is -0.341 e. The number of thioether (sulfide) groups is 1. The zero-order chi connectivity index (χ0) is 19.4. The molecule has 3 nitrogen and oxygen atoms in total. The fourth-order valence-corrected chi connectivity index (χ4v) is 6.69. The second kappa shape index (κ2) is 9.00. The molecule has 1 aromatic carbocycles. The molecule has 3 atom stereocenters. The highest BCUT2D eigenvalue weighted by atomic mass is 32.2. The molecular formula is C23H36N2OS. The van der Waals surface area contributed by atoms with Crippen molar-refractivity contribution in [2.75, 3.05) is 25.9 Å². The fourth-order valence-electron chi connectivity index (χ4n) is 5.13. The molecule has 1 saturated carbocycles. The highest BCUT2D eigenvalue weighted by Crippen LogP contribution is 2.49. The molecule has 0 aromatic heterocycles. The summed E-state index contributed by atoms with van der Waals surface area (Å²) in [6.07, 6.45) is 6.90. The Kier molecular flexibility index (Phi) is 6.91. The Morgan fingerprint density at radius 3 is 2.56 bits per heavy atom. The maximum absolute atomic E-state index is 13.1. The first-order valence-corrected chi connectivity index (χ1v) is 11.7. The van der Waals surface area contributed by atoms with Crippen molar-refractivity contribution < 1.29 is 4.79 Å². The minimum absolute atomic E-state index is 0.265. The molecule has 1 aliphatic heterocycles. The number of carbonyl (C=O) groups excluding carboxylic acids is 1. The predicted octanol–water partition coefficient (Wildman–Crippen LogP) is 4.52. The van der Waals surface area contributed by atoms with Crippen LogP contribution in [0.15, 0.2) is 24.3 Å². The molecule has 3 rings (SSSR count). The van der Waals surface area contributed by atoms with Crippen LogP contribution in [0.1, 0.15) is 57.1 Å². The van der Waals surface area contributed by atoms with Gasteiger partial charge in [-0.2, -0.15) is 11.8 Å². The molecule has 0 bridgehead atoms. The van der Waals surface area contributed by atoms with Crippen molar-refractivity contribution in [3.05, 3.63) is 35.4 Å². The minimum atomic E-state index is 0.265. The van der Waals surface area contributed by atoms with E-state index >= 15 is 0 Å². The van der Waals surface area contributed by atoms with Crippen molar-refractivity contribution in [3.63, 3.8) is 0 Å². The zero-order valence-electron chi connectivity index (χ0n) is 17.5. The predicted molar refractivity (Wildman–Crippen MR) is 116 cm³/mol. The number of likely N-dealkylation sites (N-methyl/N-ethyl adjacent to an activating group) is 2. The Hall–Kier alpha value is -1.00. The lowest BCUT2D eigenvalue weighted by atomic mass is 9.78. The molecule has 3 unspecified atom stereocenters. The van der Waals surface area contributed by atoms with Crippen molar-refractivity contribution >= 4 is 17.7 Å². The molecule has 1 saturated heterocycles. The first kappa shape index (κ1) is 20.7. The molecular weight excluding hydrogens is 352 g/mol. The molecule has 1 amide bonds. The summed E-state index contributed by atoms with van der Waals surface area (Å²) in [4.78, 5) is 17.8. The van der Waals surface area contributed by atoms with Gasteiger partial charge in [0.1, 0.15) is 0 Å². The number of aryl methyl sites for hydroxylation is 1. The Morgan fingerprint density at radius 2 is 1.93 bits per heavy atom. The normalized spacial score (nSPS) is 28.0. The average molecular weight is 389 g/mol. The molecule has 1 heterocycles. The van der Waals surface area contributed by atoms with E-state index in [9.17, 15) is 4.79 Å². The Morgan fingerprint density at radius 1 is 1.19 bits per heavy atom. The van der Waals surface area contributed by atoms with E-state index in [2.05, 4.69) is 54.5 Å². The van der Waals surface area contributed by atoms with Crippen molar-refractivity contribution in [1.29, 1.82) is 0 Å². The van der Waals surface area contributed by atoms with Crippen LogP contribution in [0.2, 0.25) is 0 Å². The zero-order valence-corrected chi connectivity index (χ0v) is 18.4. The van der Waals surface area contributed by atoms with Gasteiger partial charge >= 0.3 is 0 Å². The maximum Gasteiger partial charge on any atom is 0.227 e. The number of amides is 1. The SMILES string of the molecule is CCN(CC)C1CC2(CCCS2)CCC1N(C)C(=O)Cc1ccccc1C. The summed E-state index contributed by atoms with van der Waals surface area (Å²) in [7, 11) is 2.04. The Labute approximate surface area is 169 Å². The van der Waals surface area contributed by atoms with Crippen LogP contribution in [0.25, 0.3) is 0 Å². The maximum atomic E-state index is 13.1. The van der Waals surface area contributed by atoms with Gasteiger partial charge < -0.3 is 4.90 Å². The van der Waals surface area contributed by atoms with E-state index in [1.54, 1.807) is 0 Å². The van der Waals surface area contributed by atoms with E-state index in [0.717, 1.165) is 25.1 Å². The number of rotatable bonds is 6. The third-order valence-electron chi connectivity index (χ3n) is 6.88. The fraction of sp³-hybridized carbons (Fsp3) is 0.696. The summed E-state index contributed by atoms with van der Waals surface area (Å²) in [6.45, 7) is 8.76. The summed E-state index contributed by atoms with van der Waals surface area (Å²) in [5.41, 5.74) is 2.37. The van der Waals surface area contributed by atoms with E-state index in [1.165, 1.54) is 37.0 Å². The summed E-state index contributed by atoms with van der Waals surface area (Å²) in [5, 5.41) is 0. The monoisotopic (exact) mass is 388 g/mol. The molecule has 1 aliphatic carbocycles. The van der Waals surface area contributed by atoms with E-state index in [-0.39, 0.29) is 5.91 Å². The quantitative estimate of drug-likeness (QED) is 0.715. The molecule has 4 heteroatoms. The molecule has 0 N–H and O–H groups in total. The van der Waals surface area contributed by atoms with Crippen LogP contribution in [0.4, 0.5) is 0 Å². The van der Waals surface area contributed by atoms with E-state index in [4.69, 9.17) is 0 Å². The average Bonchev–Trinajstić information content (AvgIpc) is 3.12. The third kappa shape index (κ3) is 4.54. The molecule has 1 aromatic rings. The number of nitrogens with zero attached hydrogens (tertiary/aromatic N) is 2. The van der Waals surface area contributed by atoms with E-state index < -0.39 is 0 Å². The highest BCUT2D eigenvalue weighted by molar-refractivity contribution is 8.00. The second-order valence-corrected chi connectivity index (χ2v) is 9.90. The second-order valence-electron chi connectivity index (χ2n) is 8.34. The van der Waals surface area contributed by atoms with Gasteiger partial charge in [-0.1, -0.05) is 38.1 Å². The standard InChI is InChI=1S/C23H36N2OS/c1-5-25(6-2)21-17-23(13-9-15-27-23)14-12-20(21)24(4)22(26)16-19-11-8-7-10-18(19)3/h7-8,10-11,20-21H,5-6,9,12-17H2,1-4H3. The van der Waals surface area contributed by atoms with Crippen molar-refractivity contribution in [2.24, 2.45) is 0 Å². The number of carbonyl (C=O) groups is 1. The topological polar surface area (TPSA) is 23.6 Å². The number of hydrogen-bond acceptors (Lipinski definition) is 3. The van der Waals surface area contributed by atoms with Gasteiger partial charge in [0.05, 0.1) is 6.42 Å². The summed E-state index contributed by atoms with van der Waals surface area (Å²) < 4.78 is 0.476. The van der Waals surface area contributed by atoms with Gasteiger partial charge in [-0.3, -0.25) is 9.69 Å². The molecule has 2 fully saturated rings. The smallest absolute Gasteiger partial charge is 0.227 e. The van der Waals surface area contributed by atoms with Gasteiger partial charge in [0, 0.05) is 23.9 Å². The van der Waals surface area contributed by atoms with Crippen molar-refractivity contribution in [1.82, 2.24) is 9.80 Å². The molecule has 1 spiro atoms. The van der Waals surface area contributed by atoms with Crippen molar-refractivity contribution in [3.8, 4) is 0 Å². The summed E-state index contributed by atoms with van der Waals surface area (Å²) in [5.74, 6) is 1.58. The third-order valence-corrected chi connectivity index (χ3v) is 8.56. The van der Waals surface area contributed by atoms with E-state index in [0.29, 0.717) is 23.3 Å². The number of hydrogen-bond donors (Lipinski definition) is 0. The van der Waals surface area contributed by atoms with Gasteiger partial charge in [0.15, 0.2) is 0 Å². The van der Waals surface area contributed by atoms with Gasteiger partial charge in [-0.15, -0.1) is 0 Å². The molecule has 27 heavy (non-hydrogen) atoms. The van der Waals surface area contributed by atoms with Gasteiger partial charge in [0.25, 0.3) is 0 Å². The van der Waals surface area contributed by atoms with Crippen LogP contribution < -0.4 is 0 Å². The lowest BCUT2D eigenvalue weighted by Gasteiger charge is -2.49. The lowest BCUT2D eigenvalue weighted by Crippen LogP contribution is -2.57. The first-order chi connectivity index (χ1) is 13.0. The number of benzene rings is 1. The Bertz CT molecular complexity index is 637. The molecule has 150 valence electrons. The Balaban J connectivity index is 1.75. The van der Waals surface area contributed by atoms with Crippen LogP contribution in [0.3, 0.4) is 0 Å². The van der Waals surface area contributed by atoms with Crippen LogP contribution in [0, 0.1) is 6.92 Å². The largest absolute Gasteiger partial charge is 0.341 e. The van der Waals surface area contributed by atoms with Gasteiger partial charge in [0.2, 0.25) is 5.91 Å². The molecule has 2 aliphatic rings. The van der Waals surface area contributed by atoms with Crippen LogP contribution >= 0.6 is 11.8 Å². The highest BCUT2D eigenvalue weighted by Gasteiger charge is 2.46. The van der Waals surface area contributed by atoms with Crippen molar-refractivity contribution in [2.45, 2.75) is 76.1 Å². The van der Waals surface area contributed by atoms with E-state index in [1.807, 2.05) is 19.2 Å². The van der Waals surface area contributed by atoms with Crippen LogP contribution in [-0.4, -0.2) is 58.4 Å². The van der Waals surface area contributed by atoms with Crippen LogP contribution in [0.5, 0.6) is 0 Å². The molecule has 0 radical (unpaired) electrons. The first-order valence-electron chi connectivity index (χ1n) is 10.7. The summed E-state index contributed by atoms with van der Waals surface area (Å²) in [6, 6.07) is 9.11.